The quantitative estimate of drug-likeness (QED) is 0.451. The molecule has 0 amide bonds. The highest BCUT2D eigenvalue weighted by molar-refractivity contribution is 5.35. The zero-order valence-electron chi connectivity index (χ0n) is 5.91. The van der Waals surface area contributed by atoms with Gasteiger partial charge in [-0.25, -0.2) is 0 Å². The van der Waals surface area contributed by atoms with E-state index >= 15 is 0 Å². The molecule has 0 aromatic carbocycles. The molecule has 0 fully saturated rings. The lowest BCUT2D eigenvalue weighted by molar-refractivity contribution is 0.705. The predicted octanol–water partition coefficient (Wildman–Crippen LogP) is -0.151. The number of hydrogen-bond acceptors (Lipinski definition) is 2. The van der Waals surface area contributed by atoms with Gasteiger partial charge in [-0.1, -0.05) is 0 Å². The molecule has 0 aromatic heterocycles. The van der Waals surface area contributed by atoms with Crippen LogP contribution in [0.2, 0.25) is 0 Å². The molecule has 0 bridgehead atoms. The first-order chi connectivity index (χ1) is 4.97. The Morgan fingerprint density at radius 1 is 1.30 bits per heavy atom. The maximum absolute atomic E-state index is 3.30. The van der Waals surface area contributed by atoms with E-state index < -0.39 is 0 Å². The number of hydrogen-bond donors (Lipinski definition) is 2. The Kier molecular flexibility index (Phi) is 1.52. The van der Waals surface area contributed by atoms with Gasteiger partial charge in [-0.3, -0.25) is 5.32 Å². The standard InChI is InChI=1S/C8H11N2/c1-3-9-6-8-2-4-10-5-7(1)8/h1,9-10H,3-6H2/q+1. The maximum atomic E-state index is 3.30. The van der Waals surface area contributed by atoms with Gasteiger partial charge < -0.3 is 5.32 Å². The molecule has 0 aromatic rings. The van der Waals surface area contributed by atoms with Crippen LogP contribution in [-0.2, 0) is 0 Å². The van der Waals surface area contributed by atoms with Crippen LogP contribution in [0, 0.1) is 6.08 Å². The average molecular weight is 135 g/mol. The van der Waals surface area contributed by atoms with E-state index in [4.69, 9.17) is 0 Å². The van der Waals surface area contributed by atoms with E-state index in [9.17, 15) is 0 Å². The third-order valence-corrected chi connectivity index (χ3v) is 1.92. The lowest BCUT2D eigenvalue weighted by Gasteiger charge is -2.12. The Hall–Kier alpha value is -0.690. The molecule has 0 radical (unpaired) electrons. The molecule has 2 aliphatic heterocycles. The van der Waals surface area contributed by atoms with Crippen molar-refractivity contribution in [3.05, 3.63) is 23.3 Å². The van der Waals surface area contributed by atoms with Crippen molar-refractivity contribution in [2.45, 2.75) is 0 Å². The van der Waals surface area contributed by atoms with Gasteiger partial charge >= 0.3 is 0 Å². The Balaban J connectivity index is 2.25. The predicted molar refractivity (Wildman–Crippen MR) is 40.6 cm³/mol. The van der Waals surface area contributed by atoms with E-state index in [-0.39, 0.29) is 0 Å². The lowest BCUT2D eigenvalue weighted by Crippen LogP contribution is -2.32. The summed E-state index contributed by atoms with van der Waals surface area (Å²) in [4.78, 5) is 0. The van der Waals surface area contributed by atoms with Crippen LogP contribution in [0.3, 0.4) is 0 Å². The highest BCUT2D eigenvalue weighted by atomic mass is 14.9. The van der Waals surface area contributed by atoms with E-state index in [2.05, 4.69) is 22.8 Å². The molecule has 0 saturated heterocycles. The minimum Gasteiger partial charge on any atom is -0.303 e. The van der Waals surface area contributed by atoms with Crippen molar-refractivity contribution in [2.24, 2.45) is 0 Å². The molecule has 52 valence electrons. The highest BCUT2D eigenvalue weighted by Crippen LogP contribution is 2.12. The van der Waals surface area contributed by atoms with Crippen molar-refractivity contribution >= 4 is 0 Å². The molecule has 2 heteroatoms. The second kappa shape index (κ2) is 2.51. The van der Waals surface area contributed by atoms with Crippen LogP contribution in [-0.4, -0.2) is 26.2 Å². The van der Waals surface area contributed by atoms with Crippen molar-refractivity contribution in [1.82, 2.24) is 10.6 Å². The summed E-state index contributed by atoms with van der Waals surface area (Å²) in [5.74, 6) is 0. The van der Waals surface area contributed by atoms with Crippen LogP contribution in [0.25, 0.3) is 0 Å². The first-order valence-corrected chi connectivity index (χ1v) is 3.67. The van der Waals surface area contributed by atoms with Gasteiger partial charge in [-0.05, 0) is 0 Å². The van der Waals surface area contributed by atoms with E-state index in [1.54, 1.807) is 0 Å². The fourth-order valence-corrected chi connectivity index (χ4v) is 1.35. The highest BCUT2D eigenvalue weighted by Gasteiger charge is 2.22. The summed E-state index contributed by atoms with van der Waals surface area (Å²) in [6.07, 6.45) is 5.53. The Labute approximate surface area is 61.0 Å². The van der Waals surface area contributed by atoms with Crippen molar-refractivity contribution in [3.63, 3.8) is 0 Å². The number of rotatable bonds is 0. The third-order valence-electron chi connectivity index (χ3n) is 1.92. The van der Waals surface area contributed by atoms with Crippen LogP contribution >= 0.6 is 0 Å². The van der Waals surface area contributed by atoms with E-state index in [1.807, 2.05) is 0 Å². The molecule has 2 rings (SSSR count). The van der Waals surface area contributed by atoms with Gasteiger partial charge in [0.15, 0.2) is 5.57 Å². The topological polar surface area (TPSA) is 24.1 Å². The summed E-state index contributed by atoms with van der Waals surface area (Å²) in [6.45, 7) is 3.97. The van der Waals surface area contributed by atoms with Crippen molar-refractivity contribution < 1.29 is 0 Å². The first-order valence-electron chi connectivity index (χ1n) is 3.67. The second-order valence-corrected chi connectivity index (χ2v) is 2.62. The molecule has 2 N–H and O–H groups in total. The third kappa shape index (κ3) is 0.971. The smallest absolute Gasteiger partial charge is 0.186 e. The minimum absolute atomic E-state index is 0.911. The number of fused-ring (bicyclic) bond motifs is 1. The van der Waals surface area contributed by atoms with Crippen molar-refractivity contribution in [2.75, 3.05) is 26.2 Å². The van der Waals surface area contributed by atoms with Gasteiger partial charge in [-0.15, -0.1) is 0 Å². The van der Waals surface area contributed by atoms with Gasteiger partial charge in [0.25, 0.3) is 0 Å². The van der Waals surface area contributed by atoms with E-state index in [1.165, 1.54) is 11.1 Å². The van der Waals surface area contributed by atoms with Gasteiger partial charge in [0.1, 0.15) is 12.1 Å². The van der Waals surface area contributed by atoms with Crippen LogP contribution in [0.4, 0.5) is 0 Å². The number of nitrogens with one attached hydrogen (secondary N) is 2. The van der Waals surface area contributed by atoms with E-state index in [0.717, 1.165) is 26.2 Å². The van der Waals surface area contributed by atoms with Gasteiger partial charge in [0.05, 0.1) is 19.2 Å². The minimum atomic E-state index is 0.911. The molecule has 0 saturated carbocycles. The lowest BCUT2D eigenvalue weighted by atomic mass is 10.00. The fourth-order valence-electron chi connectivity index (χ4n) is 1.35. The Morgan fingerprint density at radius 2 is 2.30 bits per heavy atom. The first kappa shape index (κ1) is 6.05. The monoisotopic (exact) mass is 135 g/mol. The fraction of sp³-hybridized carbons (Fsp3) is 0.500. The molecule has 0 aliphatic carbocycles. The van der Waals surface area contributed by atoms with E-state index in [0.29, 0.717) is 0 Å². The molecule has 0 unspecified atom stereocenters. The van der Waals surface area contributed by atoms with Crippen LogP contribution in [0.1, 0.15) is 0 Å². The Bertz CT molecular complexity index is 169. The summed E-state index contributed by atoms with van der Waals surface area (Å²) in [6, 6.07) is 0. The molecular formula is C8H11N2+. The molecule has 2 nitrogen and oxygen atoms in total. The van der Waals surface area contributed by atoms with Crippen molar-refractivity contribution in [1.29, 1.82) is 0 Å². The van der Waals surface area contributed by atoms with Gasteiger partial charge in [-0.2, -0.15) is 0 Å². The summed E-state index contributed by atoms with van der Waals surface area (Å²) in [5.41, 5.74) is 2.80. The SMILES string of the molecule is [C+]1=C2CNCC=C2CNC1. The molecule has 0 spiro atoms. The van der Waals surface area contributed by atoms with Gasteiger partial charge in [0.2, 0.25) is 0 Å². The molecular weight excluding hydrogens is 124 g/mol. The van der Waals surface area contributed by atoms with Gasteiger partial charge in [0, 0.05) is 12.6 Å². The summed E-state index contributed by atoms with van der Waals surface area (Å²) >= 11 is 0. The van der Waals surface area contributed by atoms with Crippen LogP contribution in [0.5, 0.6) is 0 Å². The summed E-state index contributed by atoms with van der Waals surface area (Å²) < 4.78 is 0. The summed E-state index contributed by atoms with van der Waals surface area (Å²) in [5, 5.41) is 6.54. The maximum Gasteiger partial charge on any atom is 0.186 e. The summed E-state index contributed by atoms with van der Waals surface area (Å²) in [7, 11) is 0. The zero-order chi connectivity index (χ0) is 6.81. The van der Waals surface area contributed by atoms with Crippen LogP contribution < -0.4 is 10.6 Å². The zero-order valence-corrected chi connectivity index (χ0v) is 5.91. The Morgan fingerprint density at radius 3 is 3.20 bits per heavy atom. The normalized spacial score (nSPS) is 24.0. The molecule has 2 heterocycles. The second-order valence-electron chi connectivity index (χ2n) is 2.62. The molecule has 10 heavy (non-hydrogen) atoms. The van der Waals surface area contributed by atoms with Crippen LogP contribution in [0.15, 0.2) is 17.2 Å². The molecule has 0 atom stereocenters. The van der Waals surface area contributed by atoms with Crippen molar-refractivity contribution in [3.8, 4) is 0 Å². The molecule has 2 aliphatic rings. The largest absolute Gasteiger partial charge is 0.303 e. The average Bonchev–Trinajstić information content (AvgIpc) is 2.05.